The second-order valence-corrected chi connectivity index (χ2v) is 3.47. The summed E-state index contributed by atoms with van der Waals surface area (Å²) < 4.78 is 6.05. The zero-order valence-electron chi connectivity index (χ0n) is 7.12. The monoisotopic (exact) mass is 237 g/mol. The number of fused-ring (bicyclic) bond motifs is 1. The van der Waals surface area contributed by atoms with E-state index >= 15 is 0 Å². The van der Waals surface area contributed by atoms with Gasteiger partial charge in [-0.25, -0.2) is 4.98 Å². The first-order valence-corrected chi connectivity index (χ1v) is 4.70. The van der Waals surface area contributed by atoms with E-state index in [1.165, 1.54) is 0 Å². The van der Waals surface area contributed by atoms with Crippen LogP contribution in [0.4, 0.5) is 0 Å². The summed E-state index contributed by atoms with van der Waals surface area (Å²) in [7, 11) is 1.66. The van der Waals surface area contributed by atoms with Crippen LogP contribution >= 0.6 is 15.9 Å². The number of aromatic nitrogens is 1. The minimum atomic E-state index is 0.841. The molecule has 0 aliphatic heterocycles. The second kappa shape index (κ2) is 3.34. The van der Waals surface area contributed by atoms with Gasteiger partial charge in [0.2, 0.25) is 0 Å². The Kier molecular flexibility index (Phi) is 2.19. The van der Waals surface area contributed by atoms with E-state index in [4.69, 9.17) is 4.74 Å². The van der Waals surface area contributed by atoms with Gasteiger partial charge >= 0.3 is 0 Å². The molecule has 0 atom stereocenters. The number of hydrogen-bond acceptors (Lipinski definition) is 2. The van der Waals surface area contributed by atoms with Crippen LogP contribution in [0.3, 0.4) is 0 Å². The van der Waals surface area contributed by atoms with E-state index in [1.54, 1.807) is 7.11 Å². The molecule has 0 aliphatic carbocycles. The predicted molar refractivity (Wildman–Crippen MR) is 56.0 cm³/mol. The second-order valence-electron chi connectivity index (χ2n) is 2.66. The summed E-state index contributed by atoms with van der Waals surface area (Å²) in [6.07, 6.45) is 0. The topological polar surface area (TPSA) is 22.1 Å². The molecular weight excluding hydrogens is 230 g/mol. The summed E-state index contributed by atoms with van der Waals surface area (Å²) in [6.45, 7) is 0. The average molecular weight is 238 g/mol. The van der Waals surface area contributed by atoms with Gasteiger partial charge in [0.05, 0.1) is 12.6 Å². The lowest BCUT2D eigenvalue weighted by atomic mass is 10.2. The summed E-state index contributed by atoms with van der Waals surface area (Å²) in [5, 5.41) is 1.04. The number of halogens is 1. The Morgan fingerprint density at radius 3 is 2.85 bits per heavy atom. The van der Waals surface area contributed by atoms with Crippen LogP contribution in [-0.2, 0) is 0 Å². The molecule has 0 spiro atoms. The average Bonchev–Trinajstić information content (AvgIpc) is 2.16. The molecule has 13 heavy (non-hydrogen) atoms. The molecule has 0 amide bonds. The predicted octanol–water partition coefficient (Wildman–Crippen LogP) is 3.01. The number of pyridine rings is 1. The zero-order valence-corrected chi connectivity index (χ0v) is 8.71. The fourth-order valence-corrected chi connectivity index (χ4v) is 1.60. The van der Waals surface area contributed by atoms with Crippen molar-refractivity contribution in [1.82, 2.24) is 4.98 Å². The molecule has 0 radical (unpaired) electrons. The molecule has 2 aromatic rings. The molecule has 0 aliphatic rings. The van der Waals surface area contributed by atoms with Gasteiger partial charge in [-0.05, 0) is 40.2 Å². The van der Waals surface area contributed by atoms with Crippen LogP contribution in [0.15, 0.2) is 34.9 Å². The Morgan fingerprint density at radius 1 is 1.23 bits per heavy atom. The van der Waals surface area contributed by atoms with E-state index < -0.39 is 0 Å². The highest BCUT2D eigenvalue weighted by Crippen LogP contribution is 2.24. The van der Waals surface area contributed by atoms with Crippen LogP contribution in [0, 0.1) is 0 Å². The summed E-state index contributed by atoms with van der Waals surface area (Å²) in [4.78, 5) is 4.32. The molecule has 0 saturated carbocycles. The first-order chi connectivity index (χ1) is 6.31. The fraction of sp³-hybridized carbons (Fsp3) is 0.100. The van der Waals surface area contributed by atoms with Crippen LogP contribution < -0.4 is 4.74 Å². The third kappa shape index (κ3) is 1.52. The Labute approximate surface area is 84.7 Å². The minimum absolute atomic E-state index is 0.841. The lowest BCUT2D eigenvalue weighted by molar-refractivity contribution is 0.420. The van der Waals surface area contributed by atoms with Gasteiger partial charge in [-0.15, -0.1) is 0 Å². The largest absolute Gasteiger partial charge is 0.496 e. The molecule has 3 heteroatoms. The van der Waals surface area contributed by atoms with Crippen LogP contribution in [0.1, 0.15) is 0 Å². The van der Waals surface area contributed by atoms with Crippen molar-refractivity contribution in [2.24, 2.45) is 0 Å². The van der Waals surface area contributed by atoms with Gasteiger partial charge in [-0.2, -0.15) is 0 Å². The summed E-state index contributed by atoms with van der Waals surface area (Å²) in [6, 6.07) is 9.72. The van der Waals surface area contributed by atoms with Crippen molar-refractivity contribution in [3.05, 3.63) is 34.9 Å². The van der Waals surface area contributed by atoms with Crippen molar-refractivity contribution in [2.45, 2.75) is 0 Å². The van der Waals surface area contributed by atoms with E-state index in [2.05, 4.69) is 20.9 Å². The van der Waals surface area contributed by atoms with Gasteiger partial charge in [-0.3, -0.25) is 0 Å². The van der Waals surface area contributed by atoms with Gasteiger partial charge in [-0.1, -0.05) is 6.07 Å². The molecule has 0 unspecified atom stereocenters. The fourth-order valence-electron chi connectivity index (χ4n) is 1.28. The number of methoxy groups -OCH3 is 1. The van der Waals surface area contributed by atoms with Gasteiger partial charge in [0.1, 0.15) is 10.4 Å². The SMILES string of the molecule is COc1cccc2nc(Br)ccc12. The van der Waals surface area contributed by atoms with Gasteiger partial charge < -0.3 is 4.74 Å². The van der Waals surface area contributed by atoms with Crippen molar-refractivity contribution < 1.29 is 4.74 Å². The molecule has 0 N–H and O–H groups in total. The van der Waals surface area contributed by atoms with E-state index in [1.807, 2.05) is 30.3 Å². The van der Waals surface area contributed by atoms with Gasteiger partial charge in [0.15, 0.2) is 0 Å². The molecule has 0 fully saturated rings. The normalized spacial score (nSPS) is 10.3. The maximum atomic E-state index is 5.21. The Morgan fingerprint density at radius 2 is 2.08 bits per heavy atom. The lowest BCUT2D eigenvalue weighted by Gasteiger charge is -2.03. The highest BCUT2D eigenvalue weighted by Gasteiger charge is 2.00. The van der Waals surface area contributed by atoms with Crippen LogP contribution in [0.25, 0.3) is 10.9 Å². The standard InChI is InChI=1S/C10H8BrNO/c1-13-9-4-2-3-8-7(9)5-6-10(11)12-8/h2-6H,1H3. The molecule has 0 bridgehead atoms. The maximum absolute atomic E-state index is 5.21. The number of benzene rings is 1. The highest BCUT2D eigenvalue weighted by atomic mass is 79.9. The summed E-state index contributed by atoms with van der Waals surface area (Å²) in [5.41, 5.74) is 0.939. The number of rotatable bonds is 1. The van der Waals surface area contributed by atoms with Crippen LogP contribution in [-0.4, -0.2) is 12.1 Å². The molecule has 0 saturated heterocycles. The number of ether oxygens (including phenoxy) is 1. The maximum Gasteiger partial charge on any atom is 0.128 e. The minimum Gasteiger partial charge on any atom is -0.496 e. The van der Waals surface area contributed by atoms with Crippen molar-refractivity contribution in [2.75, 3.05) is 7.11 Å². The third-order valence-corrected chi connectivity index (χ3v) is 2.32. The molecule has 2 nitrogen and oxygen atoms in total. The van der Waals surface area contributed by atoms with E-state index in [9.17, 15) is 0 Å². The van der Waals surface area contributed by atoms with Gasteiger partial charge in [0.25, 0.3) is 0 Å². The van der Waals surface area contributed by atoms with Crippen LogP contribution in [0.2, 0.25) is 0 Å². The zero-order chi connectivity index (χ0) is 9.26. The van der Waals surface area contributed by atoms with Crippen LogP contribution in [0.5, 0.6) is 5.75 Å². The Hall–Kier alpha value is -1.09. The molecule has 1 aromatic carbocycles. The van der Waals surface area contributed by atoms with Crippen molar-refractivity contribution in [1.29, 1.82) is 0 Å². The Balaban J connectivity index is 2.77. The smallest absolute Gasteiger partial charge is 0.128 e. The first-order valence-electron chi connectivity index (χ1n) is 3.90. The van der Waals surface area contributed by atoms with Crippen molar-refractivity contribution in [3.8, 4) is 5.75 Å². The summed E-state index contributed by atoms with van der Waals surface area (Å²) >= 11 is 3.33. The van der Waals surface area contributed by atoms with E-state index in [0.717, 1.165) is 21.3 Å². The molecule has 1 aromatic heterocycles. The third-order valence-electron chi connectivity index (χ3n) is 1.88. The summed E-state index contributed by atoms with van der Waals surface area (Å²) in [5.74, 6) is 0.859. The molecule has 66 valence electrons. The molecular formula is C10H8BrNO. The lowest BCUT2D eigenvalue weighted by Crippen LogP contribution is -1.86. The molecule has 2 rings (SSSR count). The van der Waals surface area contributed by atoms with E-state index in [0.29, 0.717) is 0 Å². The quantitative estimate of drug-likeness (QED) is 0.712. The Bertz CT molecular complexity index is 442. The van der Waals surface area contributed by atoms with Crippen molar-refractivity contribution in [3.63, 3.8) is 0 Å². The molecule has 1 heterocycles. The van der Waals surface area contributed by atoms with Gasteiger partial charge in [0, 0.05) is 5.39 Å². The number of nitrogens with zero attached hydrogens (tertiary/aromatic N) is 1. The van der Waals surface area contributed by atoms with E-state index in [-0.39, 0.29) is 0 Å². The first kappa shape index (κ1) is 8.51. The highest BCUT2D eigenvalue weighted by molar-refractivity contribution is 9.10. The number of hydrogen-bond donors (Lipinski definition) is 0. The van der Waals surface area contributed by atoms with Crippen molar-refractivity contribution >= 4 is 26.8 Å².